The molecule has 76 valence electrons. The van der Waals surface area contributed by atoms with Crippen molar-refractivity contribution in [3.8, 4) is 0 Å². The first-order valence-corrected chi connectivity index (χ1v) is 4.50. The Kier molecular flexibility index (Phi) is 7.24. The minimum atomic E-state index is 0.0694. The third-order valence-electron chi connectivity index (χ3n) is 1.45. The second-order valence-electron chi connectivity index (χ2n) is 2.90. The lowest BCUT2D eigenvalue weighted by atomic mass is 10.3. The van der Waals surface area contributed by atoms with Crippen molar-refractivity contribution in [3.63, 3.8) is 0 Å². The summed E-state index contributed by atoms with van der Waals surface area (Å²) in [7, 11) is 0. The Balaban J connectivity index is 3.37. The first-order valence-electron chi connectivity index (χ1n) is 4.50. The molecule has 0 aromatic heterocycles. The van der Waals surface area contributed by atoms with Gasteiger partial charge in [-0.15, -0.1) is 0 Å². The van der Waals surface area contributed by atoms with Gasteiger partial charge in [-0.25, -0.2) is 0 Å². The highest BCUT2D eigenvalue weighted by Gasteiger charge is 1.90. The van der Waals surface area contributed by atoms with Crippen LogP contribution in [0.3, 0.4) is 0 Å². The predicted octanol–water partition coefficient (Wildman–Crippen LogP) is -0.383. The van der Waals surface area contributed by atoms with E-state index < -0.39 is 0 Å². The average Bonchev–Trinajstić information content (AvgIpc) is 2.02. The predicted molar refractivity (Wildman–Crippen MR) is 54.4 cm³/mol. The summed E-state index contributed by atoms with van der Waals surface area (Å²) < 4.78 is 0. The normalized spacial score (nSPS) is 11.5. The van der Waals surface area contributed by atoms with Gasteiger partial charge in [-0.2, -0.15) is 0 Å². The summed E-state index contributed by atoms with van der Waals surface area (Å²) in [5, 5.41) is 6.25. The molecule has 0 atom stereocenters. The summed E-state index contributed by atoms with van der Waals surface area (Å²) in [5.74, 6) is 0.0694. The van der Waals surface area contributed by atoms with Gasteiger partial charge in [0.2, 0.25) is 0 Å². The van der Waals surface area contributed by atoms with Crippen LogP contribution in [0.15, 0.2) is 11.8 Å². The van der Waals surface area contributed by atoms with Crippen LogP contribution in [0.4, 0.5) is 0 Å². The zero-order chi connectivity index (χ0) is 10.1. The molecule has 0 aliphatic rings. The molecular formula is C9H19N3O. The van der Waals surface area contributed by atoms with Gasteiger partial charge < -0.3 is 16.4 Å². The first-order chi connectivity index (χ1) is 6.16. The zero-order valence-electron chi connectivity index (χ0n) is 8.39. The molecule has 4 heteroatoms. The van der Waals surface area contributed by atoms with Crippen LogP contribution in [0.25, 0.3) is 0 Å². The number of hydrogen-bond acceptors (Lipinski definition) is 4. The van der Waals surface area contributed by atoms with E-state index in [0.29, 0.717) is 6.54 Å². The van der Waals surface area contributed by atoms with Crippen LogP contribution >= 0.6 is 0 Å². The maximum absolute atomic E-state index is 10.6. The Morgan fingerprint density at radius 3 is 2.54 bits per heavy atom. The quantitative estimate of drug-likeness (QED) is 0.373. The summed E-state index contributed by atoms with van der Waals surface area (Å²) in [4.78, 5) is 10.6. The van der Waals surface area contributed by atoms with Crippen molar-refractivity contribution in [2.45, 2.75) is 13.8 Å². The van der Waals surface area contributed by atoms with Crippen LogP contribution < -0.4 is 16.4 Å². The molecule has 4 nitrogen and oxygen atoms in total. The fraction of sp³-hybridized carbons (Fsp3) is 0.667. The van der Waals surface area contributed by atoms with E-state index in [9.17, 15) is 4.79 Å². The molecule has 0 aliphatic heterocycles. The number of rotatable bonds is 7. The minimum Gasteiger partial charge on any atom is -0.387 e. The van der Waals surface area contributed by atoms with E-state index in [1.54, 1.807) is 6.08 Å². The molecule has 0 heterocycles. The van der Waals surface area contributed by atoms with E-state index in [1.165, 1.54) is 6.92 Å². The van der Waals surface area contributed by atoms with Gasteiger partial charge in [0.1, 0.15) is 0 Å². The highest BCUT2D eigenvalue weighted by molar-refractivity contribution is 5.87. The van der Waals surface area contributed by atoms with Crippen molar-refractivity contribution >= 4 is 5.78 Å². The molecule has 0 aromatic carbocycles. The van der Waals surface area contributed by atoms with Gasteiger partial charge in [0, 0.05) is 31.9 Å². The lowest BCUT2D eigenvalue weighted by Crippen LogP contribution is -2.30. The highest BCUT2D eigenvalue weighted by atomic mass is 16.1. The third-order valence-corrected chi connectivity index (χ3v) is 1.45. The summed E-state index contributed by atoms with van der Waals surface area (Å²) in [6.07, 6.45) is 1.59. The molecule has 0 aliphatic carbocycles. The monoisotopic (exact) mass is 185 g/mol. The molecule has 13 heavy (non-hydrogen) atoms. The number of carbonyl (C=O) groups excluding carboxylic acids is 1. The lowest BCUT2D eigenvalue weighted by molar-refractivity contribution is -0.112. The van der Waals surface area contributed by atoms with Gasteiger partial charge >= 0.3 is 0 Å². The van der Waals surface area contributed by atoms with E-state index in [1.807, 2.05) is 6.92 Å². The van der Waals surface area contributed by atoms with E-state index >= 15 is 0 Å². The van der Waals surface area contributed by atoms with Gasteiger partial charge in [-0.1, -0.05) is 0 Å². The van der Waals surface area contributed by atoms with Crippen LogP contribution in [0.5, 0.6) is 0 Å². The van der Waals surface area contributed by atoms with Crippen molar-refractivity contribution in [2.24, 2.45) is 5.73 Å². The zero-order valence-corrected chi connectivity index (χ0v) is 8.39. The second-order valence-corrected chi connectivity index (χ2v) is 2.90. The van der Waals surface area contributed by atoms with Crippen LogP contribution in [0, 0.1) is 0 Å². The van der Waals surface area contributed by atoms with E-state index in [0.717, 1.165) is 25.3 Å². The molecule has 0 saturated heterocycles. The summed E-state index contributed by atoms with van der Waals surface area (Å²) in [5.41, 5.74) is 6.20. The van der Waals surface area contributed by atoms with E-state index in [2.05, 4.69) is 10.6 Å². The number of hydrogen-bond donors (Lipinski definition) is 3. The summed E-state index contributed by atoms with van der Waals surface area (Å²) in [6, 6.07) is 0. The van der Waals surface area contributed by atoms with Gasteiger partial charge in [0.25, 0.3) is 0 Å². The maximum atomic E-state index is 10.6. The Morgan fingerprint density at radius 1 is 1.31 bits per heavy atom. The lowest BCUT2D eigenvalue weighted by Gasteiger charge is -2.06. The molecule has 0 bridgehead atoms. The van der Waals surface area contributed by atoms with Crippen molar-refractivity contribution in [1.29, 1.82) is 0 Å². The smallest absolute Gasteiger partial charge is 0.154 e. The Labute approximate surface area is 79.6 Å². The molecule has 0 saturated carbocycles. The fourth-order valence-electron chi connectivity index (χ4n) is 0.931. The van der Waals surface area contributed by atoms with Crippen molar-refractivity contribution in [3.05, 3.63) is 11.8 Å². The van der Waals surface area contributed by atoms with Gasteiger partial charge in [0.15, 0.2) is 5.78 Å². The van der Waals surface area contributed by atoms with Crippen LogP contribution in [-0.2, 0) is 4.79 Å². The number of nitrogens with one attached hydrogen (secondary N) is 2. The number of carbonyl (C=O) groups is 1. The summed E-state index contributed by atoms with van der Waals surface area (Å²) >= 11 is 0. The minimum absolute atomic E-state index is 0.0694. The van der Waals surface area contributed by atoms with E-state index in [-0.39, 0.29) is 5.78 Å². The average molecular weight is 185 g/mol. The van der Waals surface area contributed by atoms with Crippen molar-refractivity contribution < 1.29 is 4.79 Å². The standard InChI is InChI=1S/C9H19N3O/c1-8(7-9(2)13)12-6-5-11-4-3-10/h7,11-12H,3-6,10H2,1-2H3/b8-7+. The van der Waals surface area contributed by atoms with E-state index in [4.69, 9.17) is 5.73 Å². The molecule has 0 aromatic rings. The molecule has 0 radical (unpaired) electrons. The fourth-order valence-corrected chi connectivity index (χ4v) is 0.931. The third kappa shape index (κ3) is 9.04. The number of ketones is 1. The Hall–Kier alpha value is -0.870. The molecule has 0 fully saturated rings. The molecule has 4 N–H and O–H groups in total. The van der Waals surface area contributed by atoms with Crippen molar-refractivity contribution in [2.75, 3.05) is 26.2 Å². The highest BCUT2D eigenvalue weighted by Crippen LogP contribution is 1.85. The first kappa shape index (κ1) is 12.1. The number of allylic oxidation sites excluding steroid dienone is 2. The number of nitrogens with two attached hydrogens (primary N) is 1. The largest absolute Gasteiger partial charge is 0.387 e. The van der Waals surface area contributed by atoms with Gasteiger partial charge in [-0.3, -0.25) is 4.79 Å². The van der Waals surface area contributed by atoms with Crippen LogP contribution in [0.2, 0.25) is 0 Å². The van der Waals surface area contributed by atoms with Crippen LogP contribution in [-0.4, -0.2) is 32.0 Å². The molecular weight excluding hydrogens is 166 g/mol. The van der Waals surface area contributed by atoms with Gasteiger partial charge in [-0.05, 0) is 19.9 Å². The van der Waals surface area contributed by atoms with Crippen molar-refractivity contribution in [1.82, 2.24) is 10.6 Å². The molecule has 0 spiro atoms. The maximum Gasteiger partial charge on any atom is 0.154 e. The SMILES string of the molecule is CC(=O)/C=C(\C)NCCNCCN. The summed E-state index contributed by atoms with van der Waals surface area (Å²) in [6.45, 7) is 6.58. The molecule has 0 unspecified atom stereocenters. The van der Waals surface area contributed by atoms with Crippen LogP contribution in [0.1, 0.15) is 13.8 Å². The topological polar surface area (TPSA) is 67.2 Å². The van der Waals surface area contributed by atoms with Gasteiger partial charge in [0.05, 0.1) is 0 Å². The Morgan fingerprint density at radius 2 is 2.00 bits per heavy atom. The molecule has 0 amide bonds. The molecule has 0 rings (SSSR count). The second kappa shape index (κ2) is 7.76. The Bertz CT molecular complexity index is 178.